The van der Waals surface area contributed by atoms with Crippen LogP contribution >= 0.6 is 11.8 Å². The van der Waals surface area contributed by atoms with Crippen LogP contribution in [-0.4, -0.2) is 56.3 Å². The average molecular weight is 451 g/mol. The summed E-state index contributed by atoms with van der Waals surface area (Å²) in [5, 5.41) is 39.5. The molecule has 0 radical (unpaired) electrons. The number of aliphatic hydroxyl groups excluding tert-OH is 3. The van der Waals surface area contributed by atoms with Gasteiger partial charge < -0.3 is 20.4 Å². The molecule has 3 aliphatic carbocycles. The summed E-state index contributed by atoms with van der Waals surface area (Å²) in [7, 11) is 0. The van der Waals surface area contributed by atoms with E-state index in [1.54, 1.807) is 18.7 Å². The molecule has 0 saturated heterocycles. The Bertz CT molecular complexity index is 712. The Labute approximate surface area is 192 Å². The largest absolute Gasteiger partial charge is 0.393 e. The summed E-state index contributed by atoms with van der Waals surface area (Å²) in [6, 6.07) is 0. The number of aliphatic hydroxyl groups is 4. The highest BCUT2D eigenvalue weighted by Gasteiger charge is 2.50. The second kappa shape index (κ2) is 10.1. The lowest BCUT2D eigenvalue weighted by Gasteiger charge is -2.44. The average Bonchev–Trinajstić information content (AvgIpc) is 3.07. The summed E-state index contributed by atoms with van der Waals surface area (Å²) in [5.74, 6) is 3.44. The van der Waals surface area contributed by atoms with Gasteiger partial charge in [0.2, 0.25) is 0 Å². The molecule has 0 amide bonds. The van der Waals surface area contributed by atoms with Crippen LogP contribution in [0.4, 0.5) is 0 Å². The summed E-state index contributed by atoms with van der Waals surface area (Å²) in [5.41, 5.74) is 2.58. The van der Waals surface area contributed by atoms with Crippen molar-refractivity contribution in [2.45, 2.75) is 83.5 Å². The summed E-state index contributed by atoms with van der Waals surface area (Å²) in [6.45, 7) is 10.4. The van der Waals surface area contributed by atoms with Crippen molar-refractivity contribution in [3.05, 3.63) is 35.5 Å². The third-order valence-corrected chi connectivity index (χ3v) is 9.71. The number of hydrogen-bond donors (Lipinski definition) is 4. The molecule has 5 heteroatoms. The normalized spacial score (nSPS) is 39.5. The van der Waals surface area contributed by atoms with E-state index in [0.717, 1.165) is 23.3 Å². The van der Waals surface area contributed by atoms with Crippen LogP contribution in [0.3, 0.4) is 0 Å². The van der Waals surface area contributed by atoms with Gasteiger partial charge in [0, 0.05) is 12.2 Å². The van der Waals surface area contributed by atoms with Gasteiger partial charge >= 0.3 is 0 Å². The molecule has 4 nitrogen and oxygen atoms in total. The molecule has 4 N–H and O–H groups in total. The highest BCUT2D eigenvalue weighted by atomic mass is 32.2. The van der Waals surface area contributed by atoms with Gasteiger partial charge in [0.15, 0.2) is 0 Å². The number of fused-ring (bicyclic) bond motifs is 1. The maximum Gasteiger partial charge on any atom is 0.0939 e. The van der Waals surface area contributed by atoms with Gasteiger partial charge in [-0.2, -0.15) is 11.8 Å². The zero-order valence-electron chi connectivity index (χ0n) is 19.5. The number of allylic oxidation sites excluding steroid dienone is 3. The molecule has 3 rings (SSSR count). The summed E-state index contributed by atoms with van der Waals surface area (Å²) in [4.78, 5) is 0. The lowest BCUT2D eigenvalue weighted by molar-refractivity contribution is 0.0224. The van der Waals surface area contributed by atoms with Crippen LogP contribution in [0.2, 0.25) is 0 Å². The predicted octanol–water partition coefficient (Wildman–Crippen LogP) is 4.24. The first-order chi connectivity index (χ1) is 14.6. The van der Waals surface area contributed by atoms with Crippen molar-refractivity contribution in [2.24, 2.45) is 23.2 Å². The van der Waals surface area contributed by atoms with Crippen LogP contribution in [-0.2, 0) is 0 Å². The molecule has 7 atom stereocenters. The van der Waals surface area contributed by atoms with Gasteiger partial charge in [-0.05, 0) is 85.5 Å². The molecule has 0 aliphatic heterocycles. The Kier molecular flexibility index (Phi) is 8.18. The fourth-order valence-corrected chi connectivity index (χ4v) is 7.56. The van der Waals surface area contributed by atoms with Crippen LogP contribution in [0.5, 0.6) is 0 Å². The maximum atomic E-state index is 10.1. The van der Waals surface area contributed by atoms with E-state index in [-0.39, 0.29) is 6.61 Å². The minimum absolute atomic E-state index is 0.193. The fraction of sp³-hybridized carbons (Fsp3) is 0.769. The number of rotatable bonds is 7. The summed E-state index contributed by atoms with van der Waals surface area (Å²) < 4.78 is 0. The van der Waals surface area contributed by atoms with Crippen molar-refractivity contribution in [3.8, 4) is 0 Å². The van der Waals surface area contributed by atoms with Gasteiger partial charge in [-0.1, -0.05) is 38.2 Å². The molecule has 3 aliphatic rings. The van der Waals surface area contributed by atoms with E-state index in [1.165, 1.54) is 31.3 Å². The van der Waals surface area contributed by atoms with Gasteiger partial charge in [-0.3, -0.25) is 0 Å². The third kappa shape index (κ3) is 5.67. The molecule has 0 unspecified atom stereocenters. The standard InChI is InChI=1S/C26H42O4S/c1-17(14-31-16-25(3,30)15-27)22-9-10-23-19(6-5-11-26(22,23)4)7-8-20-12-21(28)13-24(29)18(20)2/h7-8,17,21-24,27-30H,2,5-6,9-16H2,1,3-4H3/b19-7+,20-8-/t17-,21-,22-,23+,24+,25+,26-/m1/s1. The van der Waals surface area contributed by atoms with Gasteiger partial charge in [-0.25, -0.2) is 0 Å². The van der Waals surface area contributed by atoms with E-state index < -0.39 is 17.8 Å². The first-order valence-corrected chi connectivity index (χ1v) is 13.1. The Morgan fingerprint density at radius 1 is 1.29 bits per heavy atom. The van der Waals surface area contributed by atoms with Crippen molar-refractivity contribution >= 4 is 11.8 Å². The highest BCUT2D eigenvalue weighted by Crippen LogP contribution is 2.59. The van der Waals surface area contributed by atoms with E-state index in [9.17, 15) is 20.4 Å². The Morgan fingerprint density at radius 2 is 2.03 bits per heavy atom. The monoisotopic (exact) mass is 450 g/mol. The molecular weight excluding hydrogens is 408 g/mol. The predicted molar refractivity (Wildman–Crippen MR) is 129 cm³/mol. The lowest BCUT2D eigenvalue weighted by atomic mass is 9.61. The van der Waals surface area contributed by atoms with Crippen molar-refractivity contribution < 1.29 is 20.4 Å². The van der Waals surface area contributed by atoms with Crippen molar-refractivity contribution in [2.75, 3.05) is 18.1 Å². The smallest absolute Gasteiger partial charge is 0.0939 e. The zero-order valence-corrected chi connectivity index (χ0v) is 20.3. The molecule has 0 heterocycles. The topological polar surface area (TPSA) is 80.9 Å². The zero-order chi connectivity index (χ0) is 22.8. The van der Waals surface area contributed by atoms with Crippen LogP contribution in [0.1, 0.15) is 65.7 Å². The molecule has 0 spiro atoms. The van der Waals surface area contributed by atoms with Crippen LogP contribution in [0, 0.1) is 23.2 Å². The number of thioether (sulfide) groups is 1. The molecule has 0 aromatic heterocycles. The van der Waals surface area contributed by atoms with Crippen molar-refractivity contribution in [1.82, 2.24) is 0 Å². The minimum Gasteiger partial charge on any atom is -0.393 e. The Balaban J connectivity index is 1.68. The highest BCUT2D eigenvalue weighted by molar-refractivity contribution is 7.99. The third-order valence-electron chi connectivity index (χ3n) is 8.12. The van der Waals surface area contributed by atoms with Crippen molar-refractivity contribution in [3.63, 3.8) is 0 Å². The van der Waals surface area contributed by atoms with E-state index in [1.807, 2.05) is 0 Å². The Morgan fingerprint density at radius 3 is 2.74 bits per heavy atom. The van der Waals surface area contributed by atoms with E-state index in [2.05, 4.69) is 32.6 Å². The molecule has 31 heavy (non-hydrogen) atoms. The Hall–Kier alpha value is -0.590. The fourth-order valence-electron chi connectivity index (χ4n) is 6.31. The van der Waals surface area contributed by atoms with Gasteiger partial charge in [-0.15, -0.1) is 0 Å². The van der Waals surface area contributed by atoms with E-state index >= 15 is 0 Å². The summed E-state index contributed by atoms with van der Waals surface area (Å²) >= 11 is 1.76. The first kappa shape index (κ1) is 25.0. The molecule has 3 fully saturated rings. The van der Waals surface area contributed by atoms with Gasteiger partial charge in [0.25, 0.3) is 0 Å². The second-order valence-electron chi connectivity index (χ2n) is 10.8. The lowest BCUT2D eigenvalue weighted by Crippen LogP contribution is -2.37. The van der Waals surface area contributed by atoms with Crippen LogP contribution < -0.4 is 0 Å². The molecule has 0 aromatic rings. The summed E-state index contributed by atoms with van der Waals surface area (Å²) in [6.07, 6.45) is 10.3. The van der Waals surface area contributed by atoms with E-state index in [0.29, 0.717) is 41.8 Å². The molecule has 176 valence electrons. The number of hydrogen-bond acceptors (Lipinski definition) is 5. The second-order valence-corrected chi connectivity index (χ2v) is 11.8. The van der Waals surface area contributed by atoms with Gasteiger partial charge in [0.05, 0.1) is 24.4 Å². The quantitative estimate of drug-likeness (QED) is 0.466. The molecule has 0 bridgehead atoms. The molecule has 3 saturated carbocycles. The molecule has 0 aromatic carbocycles. The SMILES string of the molecule is C=C1/C(=C\C=C2/CCC[C@]3(C)[C@@H]([C@H](C)CSC[C@@](C)(O)CO)CC[C@@H]23)C[C@@H](O)C[C@@H]1O. The molecular formula is C26H42O4S. The minimum atomic E-state index is -0.995. The van der Waals surface area contributed by atoms with Crippen LogP contribution in [0.15, 0.2) is 35.5 Å². The maximum absolute atomic E-state index is 10.1. The van der Waals surface area contributed by atoms with E-state index in [4.69, 9.17) is 0 Å². The van der Waals surface area contributed by atoms with Crippen LogP contribution in [0.25, 0.3) is 0 Å². The van der Waals surface area contributed by atoms with Crippen molar-refractivity contribution in [1.29, 1.82) is 0 Å². The van der Waals surface area contributed by atoms with Gasteiger partial charge in [0.1, 0.15) is 0 Å². The first-order valence-electron chi connectivity index (χ1n) is 11.9.